The highest BCUT2D eigenvalue weighted by Crippen LogP contribution is 2.26. The molecule has 0 saturated heterocycles. The van der Waals surface area contributed by atoms with Gasteiger partial charge in [0.1, 0.15) is 16.8 Å². The molecule has 0 unspecified atom stereocenters. The van der Waals surface area contributed by atoms with Crippen molar-refractivity contribution >= 4 is 49.9 Å². The van der Waals surface area contributed by atoms with Gasteiger partial charge in [0.25, 0.3) is 11.6 Å². The molecule has 2 aromatic carbocycles. The van der Waals surface area contributed by atoms with Crippen molar-refractivity contribution in [1.29, 1.82) is 0 Å². The summed E-state index contributed by atoms with van der Waals surface area (Å²) < 4.78 is 5.33. The lowest BCUT2D eigenvalue weighted by Crippen LogP contribution is -2.29. The summed E-state index contributed by atoms with van der Waals surface area (Å²) in [5, 5.41) is 14.5. The van der Waals surface area contributed by atoms with Crippen LogP contribution in [0.15, 0.2) is 69.2 Å². The molecule has 5 aromatic rings. The van der Waals surface area contributed by atoms with Crippen LogP contribution in [0.25, 0.3) is 33.1 Å². The van der Waals surface area contributed by atoms with E-state index in [1.165, 1.54) is 23.5 Å². The number of benzene rings is 2. The Labute approximate surface area is 182 Å². The van der Waals surface area contributed by atoms with Crippen molar-refractivity contribution in [2.24, 2.45) is 0 Å². The fraction of sp³-hybridized carbons (Fsp3) is 0. The number of para-hydroxylation sites is 2. The molecule has 0 fully saturated rings. The summed E-state index contributed by atoms with van der Waals surface area (Å²) in [6, 6.07) is 15.0. The summed E-state index contributed by atoms with van der Waals surface area (Å²) >= 11 is 1.19. The second-order valence-electron chi connectivity index (χ2n) is 6.78. The zero-order valence-corrected chi connectivity index (χ0v) is 16.9. The van der Waals surface area contributed by atoms with E-state index in [1.807, 2.05) is 12.1 Å². The van der Waals surface area contributed by atoms with Crippen molar-refractivity contribution in [3.8, 4) is 11.3 Å². The monoisotopic (exact) mass is 447 g/mol. The smallest absolute Gasteiger partial charge is 0.345 e. The third-order valence-corrected chi connectivity index (χ3v) is 5.54. The number of nitrogens with zero attached hydrogens (tertiary/aromatic N) is 2. The molecule has 0 radical (unpaired) electrons. The number of aromatic amines is 1. The van der Waals surface area contributed by atoms with Gasteiger partial charge in [-0.2, -0.15) is 0 Å². The van der Waals surface area contributed by atoms with Gasteiger partial charge in [-0.15, -0.1) is 11.3 Å². The van der Waals surface area contributed by atoms with E-state index >= 15 is 0 Å². The number of thiazole rings is 1. The number of non-ortho nitro benzene ring substituents is 1. The maximum absolute atomic E-state index is 12.5. The molecule has 3 heterocycles. The Morgan fingerprint density at radius 3 is 2.78 bits per heavy atom. The Hall–Kier alpha value is -4.51. The third kappa shape index (κ3) is 3.46. The number of nitro groups is 1. The average Bonchev–Trinajstić information content (AvgIpc) is 3.44. The molecule has 0 spiro atoms. The van der Waals surface area contributed by atoms with Gasteiger partial charge >= 0.3 is 5.63 Å². The lowest BCUT2D eigenvalue weighted by molar-refractivity contribution is -0.383. The SMILES string of the molecule is O=C(NNc1nc(-c2cc3ccccc3oc2=O)cs1)c1cc2cccc([N+](=O)[O-])c2[nH]1. The Bertz CT molecular complexity index is 1570. The number of carbonyl (C=O) groups is 1. The highest BCUT2D eigenvalue weighted by Gasteiger charge is 2.17. The van der Waals surface area contributed by atoms with Crippen LogP contribution < -0.4 is 16.5 Å². The van der Waals surface area contributed by atoms with Crippen LogP contribution >= 0.6 is 11.3 Å². The number of H-pyrrole nitrogens is 1. The molecule has 3 N–H and O–H groups in total. The first-order valence-electron chi connectivity index (χ1n) is 9.31. The number of fused-ring (bicyclic) bond motifs is 2. The van der Waals surface area contributed by atoms with Crippen LogP contribution in [0.3, 0.4) is 0 Å². The highest BCUT2D eigenvalue weighted by atomic mass is 32.1. The Kier molecular flexibility index (Phi) is 4.64. The van der Waals surface area contributed by atoms with Crippen LogP contribution in [-0.2, 0) is 0 Å². The predicted molar refractivity (Wildman–Crippen MR) is 120 cm³/mol. The summed E-state index contributed by atoms with van der Waals surface area (Å²) in [7, 11) is 0. The van der Waals surface area contributed by atoms with E-state index in [-0.39, 0.29) is 16.9 Å². The van der Waals surface area contributed by atoms with Gasteiger partial charge in [0.2, 0.25) is 5.13 Å². The summed E-state index contributed by atoms with van der Waals surface area (Å²) in [5.41, 5.74) is 6.17. The van der Waals surface area contributed by atoms with Gasteiger partial charge in [-0.1, -0.05) is 30.3 Å². The summed E-state index contributed by atoms with van der Waals surface area (Å²) in [4.78, 5) is 42.5. The molecule has 1 amide bonds. The number of nitrogens with one attached hydrogen (secondary N) is 3. The molecular formula is C21H13N5O5S. The van der Waals surface area contributed by atoms with Gasteiger partial charge in [-0.3, -0.25) is 25.8 Å². The normalized spacial score (nSPS) is 11.0. The number of aromatic nitrogens is 2. The zero-order chi connectivity index (χ0) is 22.2. The topological polar surface area (TPSA) is 143 Å². The third-order valence-electron chi connectivity index (χ3n) is 4.78. The van der Waals surface area contributed by atoms with E-state index in [1.54, 1.807) is 35.7 Å². The number of hydrogen-bond donors (Lipinski definition) is 3. The highest BCUT2D eigenvalue weighted by molar-refractivity contribution is 7.14. The van der Waals surface area contributed by atoms with Crippen LogP contribution in [0, 0.1) is 10.1 Å². The number of anilines is 1. The molecule has 0 saturated carbocycles. The summed E-state index contributed by atoms with van der Waals surface area (Å²) in [6.45, 7) is 0. The Morgan fingerprint density at radius 1 is 1.12 bits per heavy atom. The standard InChI is InChI=1S/C21H13N5O5S/c27-19(14-9-12-5-3-6-16(26(29)30)18(12)22-14)24-25-21-23-15(10-32-21)13-8-11-4-1-2-7-17(11)31-20(13)28/h1-10,22H,(H,23,25)(H,24,27). The van der Waals surface area contributed by atoms with Crippen LogP contribution in [0.1, 0.15) is 10.5 Å². The van der Waals surface area contributed by atoms with Crippen molar-refractivity contribution in [1.82, 2.24) is 15.4 Å². The molecule has 32 heavy (non-hydrogen) atoms. The van der Waals surface area contributed by atoms with Crippen molar-refractivity contribution < 1.29 is 14.1 Å². The molecule has 5 rings (SSSR count). The van der Waals surface area contributed by atoms with Gasteiger partial charge in [-0.25, -0.2) is 9.78 Å². The van der Waals surface area contributed by atoms with E-state index in [9.17, 15) is 19.7 Å². The van der Waals surface area contributed by atoms with Crippen LogP contribution in [0.2, 0.25) is 0 Å². The second kappa shape index (κ2) is 7.63. The van der Waals surface area contributed by atoms with Crippen molar-refractivity contribution in [3.63, 3.8) is 0 Å². The first-order chi connectivity index (χ1) is 15.5. The minimum Gasteiger partial charge on any atom is -0.422 e. The number of hydrazine groups is 1. The van der Waals surface area contributed by atoms with Gasteiger partial charge in [0.05, 0.1) is 16.2 Å². The molecule has 3 aromatic heterocycles. The van der Waals surface area contributed by atoms with Crippen LogP contribution in [0.5, 0.6) is 0 Å². The number of amides is 1. The van der Waals surface area contributed by atoms with Crippen LogP contribution in [-0.4, -0.2) is 20.8 Å². The van der Waals surface area contributed by atoms with Crippen molar-refractivity contribution in [2.45, 2.75) is 0 Å². The lowest BCUT2D eigenvalue weighted by atomic mass is 10.1. The molecule has 0 aliphatic rings. The molecule has 158 valence electrons. The molecule has 11 heteroatoms. The first kappa shape index (κ1) is 19.5. The zero-order valence-electron chi connectivity index (χ0n) is 16.1. The van der Waals surface area contributed by atoms with Gasteiger partial charge in [0.15, 0.2) is 0 Å². The van der Waals surface area contributed by atoms with E-state index in [4.69, 9.17) is 4.42 Å². The molecule has 0 atom stereocenters. The Balaban J connectivity index is 1.35. The minimum absolute atomic E-state index is 0.117. The maximum Gasteiger partial charge on any atom is 0.345 e. The molecule has 0 aliphatic carbocycles. The van der Waals surface area contributed by atoms with Gasteiger partial charge < -0.3 is 9.40 Å². The van der Waals surface area contributed by atoms with Crippen LogP contribution in [0.4, 0.5) is 10.8 Å². The molecule has 10 nitrogen and oxygen atoms in total. The lowest BCUT2D eigenvalue weighted by Gasteiger charge is -2.03. The van der Waals surface area contributed by atoms with E-state index in [0.29, 0.717) is 27.4 Å². The number of nitro benzene ring substituents is 1. The maximum atomic E-state index is 12.5. The number of rotatable bonds is 5. The van der Waals surface area contributed by atoms with Gasteiger partial charge in [-0.05, 0) is 18.2 Å². The molecular weight excluding hydrogens is 434 g/mol. The number of carbonyl (C=O) groups excluding carboxylic acids is 1. The largest absolute Gasteiger partial charge is 0.422 e. The minimum atomic E-state index is -0.530. The van der Waals surface area contributed by atoms with E-state index < -0.39 is 16.5 Å². The average molecular weight is 447 g/mol. The summed E-state index contributed by atoms with van der Waals surface area (Å²) in [6.07, 6.45) is 0. The molecule has 0 bridgehead atoms. The first-order valence-corrected chi connectivity index (χ1v) is 10.2. The molecule has 0 aliphatic heterocycles. The van der Waals surface area contributed by atoms with Crippen molar-refractivity contribution in [3.05, 3.63) is 86.2 Å². The summed E-state index contributed by atoms with van der Waals surface area (Å²) in [5.74, 6) is -0.530. The quantitative estimate of drug-likeness (QED) is 0.209. The second-order valence-corrected chi connectivity index (χ2v) is 7.64. The van der Waals surface area contributed by atoms with Gasteiger partial charge in [0, 0.05) is 22.2 Å². The van der Waals surface area contributed by atoms with E-state index in [2.05, 4.69) is 20.8 Å². The van der Waals surface area contributed by atoms with Crippen molar-refractivity contribution in [2.75, 3.05) is 5.43 Å². The van der Waals surface area contributed by atoms with E-state index in [0.717, 1.165) is 5.39 Å². The predicted octanol–water partition coefficient (Wildman–Crippen LogP) is 4.06. The number of hydrogen-bond acceptors (Lipinski definition) is 8. The fourth-order valence-electron chi connectivity index (χ4n) is 3.29. The Morgan fingerprint density at radius 2 is 1.94 bits per heavy atom. The fourth-order valence-corrected chi connectivity index (χ4v) is 3.95.